The first-order valence-corrected chi connectivity index (χ1v) is 8.25. The highest BCUT2D eigenvalue weighted by Gasteiger charge is 2.30. The topological polar surface area (TPSA) is 67.2 Å². The van der Waals surface area contributed by atoms with E-state index in [1.165, 1.54) is 21.4 Å². The third-order valence-corrected chi connectivity index (χ3v) is 5.34. The van der Waals surface area contributed by atoms with Crippen LogP contribution in [0.25, 0.3) is 0 Å². The summed E-state index contributed by atoms with van der Waals surface area (Å²) in [4.78, 5) is 0.217. The molecule has 0 radical (unpaired) electrons. The molecule has 1 atom stereocenters. The number of benzene rings is 1. The van der Waals surface area contributed by atoms with Crippen LogP contribution in [0.1, 0.15) is 12.5 Å². The summed E-state index contributed by atoms with van der Waals surface area (Å²) in [5, 5.41) is 7.30. The number of fused-ring (bicyclic) bond motifs is 1. The molecule has 21 heavy (non-hydrogen) atoms. The van der Waals surface area contributed by atoms with E-state index >= 15 is 0 Å². The van der Waals surface area contributed by atoms with Gasteiger partial charge in [-0.15, -0.1) is 0 Å². The van der Waals surface area contributed by atoms with Crippen LogP contribution >= 0.6 is 0 Å². The minimum absolute atomic E-state index is 0.0730. The summed E-state index contributed by atoms with van der Waals surface area (Å²) in [7, 11) is -1.89. The Hall–Kier alpha value is -1.86. The molecule has 2 aromatic rings. The van der Waals surface area contributed by atoms with Crippen molar-refractivity contribution in [3.8, 4) is 0 Å². The van der Waals surface area contributed by atoms with Gasteiger partial charge in [0.1, 0.15) is 4.90 Å². The summed E-state index contributed by atoms with van der Waals surface area (Å²) in [6, 6.07) is 7.66. The highest BCUT2D eigenvalue weighted by atomic mass is 32.2. The minimum Gasteiger partial charge on any atom is -0.308 e. The summed E-state index contributed by atoms with van der Waals surface area (Å²) < 4.78 is 28.8. The summed E-state index contributed by atoms with van der Waals surface area (Å²) in [5.74, 6) is 0. The molecule has 0 aliphatic carbocycles. The number of aryl methyl sites for hydroxylation is 1. The van der Waals surface area contributed by atoms with E-state index in [1.54, 1.807) is 7.05 Å². The van der Waals surface area contributed by atoms with Gasteiger partial charge in [0, 0.05) is 32.4 Å². The van der Waals surface area contributed by atoms with Gasteiger partial charge in [-0.05, 0) is 18.6 Å². The number of nitrogens with one attached hydrogen (secondary N) is 1. The molecular weight excluding hydrogens is 288 g/mol. The lowest BCUT2D eigenvalue weighted by atomic mass is 10.2. The van der Waals surface area contributed by atoms with Crippen LogP contribution in [0.5, 0.6) is 0 Å². The predicted octanol–water partition coefficient (Wildman–Crippen LogP) is 1.11. The van der Waals surface area contributed by atoms with E-state index in [1.807, 2.05) is 31.2 Å². The van der Waals surface area contributed by atoms with Crippen molar-refractivity contribution in [2.24, 2.45) is 7.05 Å². The Balaban J connectivity index is 2.11. The lowest BCUT2D eigenvalue weighted by Gasteiger charge is -2.25. The maximum Gasteiger partial charge on any atom is 0.267 e. The molecule has 1 aliphatic rings. The lowest BCUT2D eigenvalue weighted by Crippen LogP contribution is -2.39. The molecule has 0 fully saturated rings. The highest BCUT2D eigenvalue weighted by molar-refractivity contribution is 7.92. The summed E-state index contributed by atoms with van der Waals surface area (Å²) in [5.41, 5.74) is 1.72. The van der Waals surface area contributed by atoms with E-state index in [-0.39, 0.29) is 10.9 Å². The first kappa shape index (κ1) is 14.1. The third-order valence-electron chi connectivity index (χ3n) is 3.61. The summed E-state index contributed by atoms with van der Waals surface area (Å²) in [6.45, 7) is 3.04. The van der Waals surface area contributed by atoms with Crippen molar-refractivity contribution in [3.63, 3.8) is 0 Å². The van der Waals surface area contributed by atoms with Gasteiger partial charge in [-0.1, -0.05) is 18.2 Å². The van der Waals surface area contributed by atoms with Gasteiger partial charge in [0.2, 0.25) is 0 Å². The molecule has 0 bridgehead atoms. The van der Waals surface area contributed by atoms with Crippen LogP contribution in [0.15, 0.2) is 41.6 Å². The van der Waals surface area contributed by atoms with Crippen LogP contribution in [0.4, 0.5) is 5.69 Å². The number of nitrogens with zero attached hydrogens (tertiary/aromatic N) is 3. The quantitative estimate of drug-likeness (QED) is 0.902. The van der Waals surface area contributed by atoms with Gasteiger partial charge in [0.15, 0.2) is 0 Å². The maximum atomic E-state index is 12.9. The normalized spacial score (nSPS) is 19.1. The third kappa shape index (κ3) is 2.54. The van der Waals surface area contributed by atoms with Crippen molar-refractivity contribution in [2.75, 3.05) is 10.8 Å². The van der Waals surface area contributed by atoms with Crippen molar-refractivity contribution >= 4 is 15.7 Å². The van der Waals surface area contributed by atoms with Crippen LogP contribution in [0.2, 0.25) is 0 Å². The molecule has 0 saturated carbocycles. The molecule has 112 valence electrons. The first-order chi connectivity index (χ1) is 9.98. The number of sulfonamides is 1. The molecule has 1 aromatic heterocycles. The van der Waals surface area contributed by atoms with E-state index in [0.717, 1.165) is 11.3 Å². The fraction of sp³-hybridized carbons (Fsp3) is 0.357. The van der Waals surface area contributed by atoms with E-state index in [9.17, 15) is 8.42 Å². The van der Waals surface area contributed by atoms with Crippen molar-refractivity contribution in [1.29, 1.82) is 0 Å². The Kier molecular flexibility index (Phi) is 3.46. The Bertz CT molecular complexity index is 754. The summed E-state index contributed by atoms with van der Waals surface area (Å²) in [6.07, 6.45) is 2.92. The van der Waals surface area contributed by atoms with Gasteiger partial charge in [-0.25, -0.2) is 8.42 Å². The van der Waals surface area contributed by atoms with E-state index in [2.05, 4.69) is 10.4 Å². The monoisotopic (exact) mass is 306 g/mol. The SMILES string of the molecule is CC1CN(S(=O)(=O)c2cnn(C)c2)c2ccccc2CN1. The van der Waals surface area contributed by atoms with Crippen molar-refractivity contribution in [1.82, 2.24) is 15.1 Å². The Morgan fingerprint density at radius 2 is 2.10 bits per heavy atom. The van der Waals surface area contributed by atoms with Gasteiger partial charge >= 0.3 is 0 Å². The van der Waals surface area contributed by atoms with Gasteiger partial charge in [-0.3, -0.25) is 8.99 Å². The van der Waals surface area contributed by atoms with E-state index < -0.39 is 10.0 Å². The van der Waals surface area contributed by atoms with Gasteiger partial charge in [0.25, 0.3) is 10.0 Å². The average Bonchev–Trinajstić information content (AvgIpc) is 2.82. The zero-order valence-corrected chi connectivity index (χ0v) is 12.8. The number of anilines is 1. The molecular formula is C14H18N4O2S. The molecule has 0 spiro atoms. The highest BCUT2D eigenvalue weighted by Crippen LogP contribution is 2.28. The number of hydrogen-bond acceptors (Lipinski definition) is 4. The second-order valence-electron chi connectivity index (χ2n) is 5.30. The molecule has 6 nitrogen and oxygen atoms in total. The fourth-order valence-corrected chi connectivity index (χ4v) is 4.06. The van der Waals surface area contributed by atoms with Gasteiger partial charge < -0.3 is 5.32 Å². The fourth-order valence-electron chi connectivity index (χ4n) is 2.49. The maximum absolute atomic E-state index is 12.9. The van der Waals surface area contributed by atoms with Gasteiger partial charge in [-0.2, -0.15) is 5.10 Å². The molecule has 0 saturated heterocycles. The van der Waals surface area contributed by atoms with Crippen molar-refractivity contribution in [3.05, 3.63) is 42.2 Å². The standard InChI is InChI=1S/C14H18N4O2S/c1-11-9-18(14-6-4-3-5-12(14)7-15-11)21(19,20)13-8-16-17(2)10-13/h3-6,8,10-11,15H,7,9H2,1-2H3. The largest absolute Gasteiger partial charge is 0.308 e. The average molecular weight is 306 g/mol. The molecule has 1 aromatic carbocycles. The second-order valence-corrected chi connectivity index (χ2v) is 7.16. The number of para-hydroxylation sites is 1. The molecule has 1 N–H and O–H groups in total. The minimum atomic E-state index is -3.60. The Morgan fingerprint density at radius 3 is 2.81 bits per heavy atom. The molecule has 1 unspecified atom stereocenters. The van der Waals surface area contributed by atoms with Crippen LogP contribution < -0.4 is 9.62 Å². The zero-order chi connectivity index (χ0) is 15.0. The van der Waals surface area contributed by atoms with Gasteiger partial charge in [0.05, 0.1) is 11.9 Å². The van der Waals surface area contributed by atoms with Crippen molar-refractivity contribution < 1.29 is 8.42 Å². The first-order valence-electron chi connectivity index (χ1n) is 6.81. The number of aromatic nitrogens is 2. The van der Waals surface area contributed by atoms with E-state index in [0.29, 0.717) is 13.1 Å². The Morgan fingerprint density at radius 1 is 1.33 bits per heavy atom. The van der Waals surface area contributed by atoms with Crippen LogP contribution in [-0.2, 0) is 23.6 Å². The van der Waals surface area contributed by atoms with Crippen LogP contribution in [0.3, 0.4) is 0 Å². The molecule has 0 amide bonds. The molecule has 3 rings (SSSR count). The molecule has 1 aliphatic heterocycles. The second kappa shape index (κ2) is 5.16. The lowest BCUT2D eigenvalue weighted by molar-refractivity contribution is 0.556. The van der Waals surface area contributed by atoms with Crippen LogP contribution in [-0.4, -0.2) is 30.8 Å². The zero-order valence-electron chi connectivity index (χ0n) is 12.0. The smallest absolute Gasteiger partial charge is 0.267 e. The van der Waals surface area contributed by atoms with E-state index in [4.69, 9.17) is 0 Å². The van der Waals surface area contributed by atoms with Crippen LogP contribution in [0, 0.1) is 0 Å². The predicted molar refractivity (Wildman–Crippen MR) is 80.5 cm³/mol. The molecule has 7 heteroatoms. The van der Waals surface area contributed by atoms with Crippen molar-refractivity contribution in [2.45, 2.75) is 24.4 Å². The number of hydrogen-bond donors (Lipinski definition) is 1. The number of rotatable bonds is 2. The summed E-state index contributed by atoms with van der Waals surface area (Å²) >= 11 is 0. The Labute approximate surface area is 124 Å². The molecule has 2 heterocycles.